The van der Waals surface area contributed by atoms with Crippen LogP contribution in [0.5, 0.6) is 0 Å². The maximum absolute atomic E-state index is 12.8. The molecule has 0 aliphatic heterocycles. The van der Waals surface area contributed by atoms with Gasteiger partial charge in [0.05, 0.1) is 22.4 Å². The quantitative estimate of drug-likeness (QED) is 0.437. The molecule has 2 aromatic carbocycles. The van der Waals surface area contributed by atoms with Gasteiger partial charge in [-0.05, 0) is 69.5 Å². The Morgan fingerprint density at radius 2 is 1.68 bits per heavy atom. The Balaban J connectivity index is 1.80. The van der Waals surface area contributed by atoms with Gasteiger partial charge >= 0.3 is 0 Å². The lowest BCUT2D eigenvalue weighted by atomic mass is 10.1. The van der Waals surface area contributed by atoms with Crippen LogP contribution in [-0.2, 0) is 10.0 Å². The van der Waals surface area contributed by atoms with Crippen LogP contribution in [0.1, 0.15) is 45.3 Å². The number of nitrogens with one attached hydrogen (secondary N) is 2. The third-order valence-corrected chi connectivity index (χ3v) is 6.36. The van der Waals surface area contributed by atoms with Crippen molar-refractivity contribution in [2.24, 2.45) is 5.10 Å². The molecule has 0 fully saturated rings. The molecule has 0 spiro atoms. The van der Waals surface area contributed by atoms with Crippen LogP contribution in [0.3, 0.4) is 0 Å². The van der Waals surface area contributed by atoms with Crippen molar-refractivity contribution in [2.45, 2.75) is 39.5 Å². The van der Waals surface area contributed by atoms with Crippen molar-refractivity contribution in [3.8, 4) is 0 Å². The predicted molar refractivity (Wildman–Crippen MR) is 121 cm³/mol. The topological polar surface area (TPSA) is 101 Å². The van der Waals surface area contributed by atoms with Crippen molar-refractivity contribution in [1.82, 2.24) is 4.83 Å². The number of furan rings is 1. The lowest BCUT2D eigenvalue weighted by Gasteiger charge is -2.12. The van der Waals surface area contributed by atoms with E-state index in [1.54, 1.807) is 58.0 Å². The van der Waals surface area contributed by atoms with Crippen LogP contribution in [0.2, 0.25) is 0 Å². The van der Waals surface area contributed by atoms with Crippen molar-refractivity contribution in [2.75, 3.05) is 5.32 Å². The number of hydrogen-bond donors (Lipinski definition) is 2. The number of amides is 1. The molecule has 3 aromatic rings. The standard InChI is InChI=1S/C23H25N3O4S/c1-14-11-15(2)22(16(3)12-14)31(28,29)26-25-17(4)19-7-6-8-20(13-19)24-23(27)21-9-10-30-18(21)5/h6-13,26H,1-5H3,(H,24,27)/b25-17-. The van der Waals surface area contributed by atoms with Crippen LogP contribution in [0.15, 0.2) is 63.1 Å². The van der Waals surface area contributed by atoms with Gasteiger partial charge in [-0.15, -0.1) is 0 Å². The van der Waals surface area contributed by atoms with Crippen LogP contribution >= 0.6 is 0 Å². The van der Waals surface area contributed by atoms with Crippen molar-refractivity contribution in [1.29, 1.82) is 0 Å². The molecule has 162 valence electrons. The SMILES string of the molecule is C/C(=N/NS(=O)(=O)c1c(C)cc(C)cc1C)c1cccc(NC(=O)c2ccoc2C)c1. The number of hydrogen-bond acceptors (Lipinski definition) is 5. The zero-order valence-electron chi connectivity index (χ0n) is 18.1. The molecule has 31 heavy (non-hydrogen) atoms. The Hall–Kier alpha value is -3.39. The van der Waals surface area contributed by atoms with E-state index in [1.165, 1.54) is 6.26 Å². The van der Waals surface area contributed by atoms with E-state index in [9.17, 15) is 13.2 Å². The van der Waals surface area contributed by atoms with Gasteiger partial charge in [0.2, 0.25) is 0 Å². The Kier molecular flexibility index (Phi) is 6.31. The van der Waals surface area contributed by atoms with Crippen LogP contribution < -0.4 is 10.1 Å². The molecule has 0 saturated carbocycles. The highest BCUT2D eigenvalue weighted by molar-refractivity contribution is 7.89. The van der Waals surface area contributed by atoms with Crippen molar-refractivity contribution in [3.63, 3.8) is 0 Å². The summed E-state index contributed by atoms with van der Waals surface area (Å²) in [7, 11) is -3.82. The summed E-state index contributed by atoms with van der Waals surface area (Å²) >= 11 is 0. The maximum Gasteiger partial charge on any atom is 0.277 e. The third kappa shape index (κ3) is 5.03. The summed E-state index contributed by atoms with van der Waals surface area (Å²) in [4.78, 5) is 14.9. The van der Waals surface area contributed by atoms with Gasteiger partial charge in [-0.2, -0.15) is 18.4 Å². The van der Waals surface area contributed by atoms with E-state index < -0.39 is 10.0 Å². The maximum atomic E-state index is 12.8. The first-order valence-electron chi connectivity index (χ1n) is 9.68. The van der Waals surface area contributed by atoms with Crippen LogP contribution in [0.4, 0.5) is 5.69 Å². The number of carbonyl (C=O) groups excluding carboxylic acids is 1. The molecular formula is C23H25N3O4S. The lowest BCUT2D eigenvalue weighted by molar-refractivity contribution is 0.102. The number of rotatable bonds is 6. The number of sulfonamides is 1. The molecule has 1 amide bonds. The van der Waals surface area contributed by atoms with Crippen LogP contribution in [0.25, 0.3) is 0 Å². The summed E-state index contributed by atoms with van der Waals surface area (Å²) in [5.41, 5.74) is 4.47. The average Bonchev–Trinajstić information content (AvgIpc) is 3.11. The Bertz CT molecular complexity index is 1250. The highest BCUT2D eigenvalue weighted by Gasteiger charge is 2.19. The fourth-order valence-electron chi connectivity index (χ4n) is 3.47. The minimum atomic E-state index is -3.82. The number of carbonyl (C=O) groups is 1. The molecular weight excluding hydrogens is 414 g/mol. The summed E-state index contributed by atoms with van der Waals surface area (Å²) in [6, 6.07) is 12.3. The van der Waals surface area contributed by atoms with E-state index in [4.69, 9.17) is 4.42 Å². The average molecular weight is 440 g/mol. The van der Waals surface area contributed by atoms with Gasteiger partial charge in [-0.25, -0.2) is 0 Å². The normalized spacial score (nSPS) is 12.0. The minimum absolute atomic E-state index is 0.228. The molecule has 0 saturated heterocycles. The van der Waals surface area contributed by atoms with Gasteiger partial charge in [-0.1, -0.05) is 29.8 Å². The molecule has 3 rings (SSSR count). The smallest absolute Gasteiger partial charge is 0.277 e. The molecule has 0 radical (unpaired) electrons. The monoisotopic (exact) mass is 439 g/mol. The van der Waals surface area contributed by atoms with E-state index in [1.807, 2.05) is 19.1 Å². The van der Waals surface area contributed by atoms with Crippen LogP contribution in [-0.4, -0.2) is 20.0 Å². The summed E-state index contributed by atoms with van der Waals surface area (Å²) in [6.45, 7) is 8.86. The second-order valence-electron chi connectivity index (χ2n) is 7.45. The zero-order valence-corrected chi connectivity index (χ0v) is 18.9. The Morgan fingerprint density at radius 1 is 1.00 bits per heavy atom. The van der Waals surface area contributed by atoms with E-state index in [0.717, 1.165) is 5.56 Å². The minimum Gasteiger partial charge on any atom is -0.469 e. The fraction of sp³-hybridized carbons (Fsp3) is 0.217. The molecule has 0 aliphatic carbocycles. The van der Waals surface area contributed by atoms with Crippen molar-refractivity contribution < 1.29 is 17.6 Å². The first-order chi connectivity index (χ1) is 14.6. The predicted octanol–water partition coefficient (Wildman–Crippen LogP) is 4.47. The second kappa shape index (κ2) is 8.77. The van der Waals surface area contributed by atoms with Crippen molar-refractivity contribution >= 4 is 27.3 Å². The van der Waals surface area contributed by atoms with Gasteiger partial charge in [0.1, 0.15) is 5.76 Å². The molecule has 0 bridgehead atoms. The molecule has 2 N–H and O–H groups in total. The van der Waals surface area contributed by atoms with Crippen molar-refractivity contribution in [3.05, 3.63) is 82.3 Å². The van der Waals surface area contributed by atoms with Gasteiger partial charge in [0.25, 0.3) is 15.9 Å². The number of nitrogens with zero attached hydrogens (tertiary/aromatic N) is 1. The molecule has 0 unspecified atom stereocenters. The summed E-state index contributed by atoms with van der Waals surface area (Å²) < 4.78 is 30.8. The summed E-state index contributed by atoms with van der Waals surface area (Å²) in [6.07, 6.45) is 1.46. The first-order valence-corrected chi connectivity index (χ1v) is 11.2. The molecule has 0 atom stereocenters. The zero-order chi connectivity index (χ0) is 22.8. The van der Waals surface area contributed by atoms with E-state index >= 15 is 0 Å². The van der Waals surface area contributed by atoms with Gasteiger partial charge in [0, 0.05) is 5.69 Å². The summed E-state index contributed by atoms with van der Waals surface area (Å²) in [5, 5.41) is 6.89. The van der Waals surface area contributed by atoms with Gasteiger partial charge in [-0.3, -0.25) is 4.79 Å². The molecule has 8 heteroatoms. The number of anilines is 1. The van der Waals surface area contributed by atoms with Crippen LogP contribution in [0, 0.1) is 27.7 Å². The van der Waals surface area contributed by atoms with E-state index in [0.29, 0.717) is 39.4 Å². The molecule has 7 nitrogen and oxygen atoms in total. The fourth-order valence-corrected chi connectivity index (χ4v) is 4.78. The Morgan fingerprint density at radius 3 is 2.29 bits per heavy atom. The highest BCUT2D eigenvalue weighted by Crippen LogP contribution is 2.22. The molecule has 0 aliphatic rings. The van der Waals surface area contributed by atoms with Gasteiger partial charge < -0.3 is 9.73 Å². The lowest BCUT2D eigenvalue weighted by Crippen LogP contribution is -2.22. The second-order valence-corrected chi connectivity index (χ2v) is 9.04. The third-order valence-electron chi connectivity index (χ3n) is 4.85. The molecule has 1 aromatic heterocycles. The largest absolute Gasteiger partial charge is 0.469 e. The first kappa shape index (κ1) is 22.3. The summed E-state index contributed by atoms with van der Waals surface area (Å²) in [5.74, 6) is 0.242. The van der Waals surface area contributed by atoms with E-state index in [2.05, 4.69) is 15.2 Å². The molecule has 1 heterocycles. The number of hydrazone groups is 1. The Labute approximate surface area is 182 Å². The highest BCUT2D eigenvalue weighted by atomic mass is 32.2. The number of benzene rings is 2. The van der Waals surface area contributed by atoms with Gasteiger partial charge in [0.15, 0.2) is 0 Å². The number of aryl methyl sites for hydroxylation is 4. The van der Waals surface area contributed by atoms with E-state index in [-0.39, 0.29) is 10.8 Å².